The summed E-state index contributed by atoms with van der Waals surface area (Å²) in [4.78, 5) is 22.9. The molecular weight excluding hydrogens is 306 g/mol. The summed E-state index contributed by atoms with van der Waals surface area (Å²) >= 11 is 0. The number of amides is 1. The number of rotatable bonds is 3. The van der Waals surface area contributed by atoms with E-state index < -0.39 is 4.92 Å². The summed E-state index contributed by atoms with van der Waals surface area (Å²) in [7, 11) is 0. The molecule has 2 heterocycles. The number of piperidine rings is 1. The van der Waals surface area contributed by atoms with Crippen LogP contribution in [0.3, 0.4) is 0 Å². The number of nitrogens with one attached hydrogen (secondary N) is 2. The van der Waals surface area contributed by atoms with Gasteiger partial charge in [-0.05, 0) is 44.2 Å². The SMILES string of the molecule is Cc1ccc([N+](=O)[O-])c(C(=O)NC2CC3CCC(C2)N3)c1.Cl. The van der Waals surface area contributed by atoms with Crippen molar-refractivity contribution in [3.05, 3.63) is 39.4 Å². The third kappa shape index (κ3) is 3.39. The molecule has 7 heteroatoms. The van der Waals surface area contributed by atoms with E-state index in [2.05, 4.69) is 10.6 Å². The maximum Gasteiger partial charge on any atom is 0.282 e. The Morgan fingerprint density at radius 1 is 1.32 bits per heavy atom. The number of carbonyl (C=O) groups excluding carboxylic acids is 1. The van der Waals surface area contributed by atoms with Crippen molar-refractivity contribution >= 4 is 24.0 Å². The van der Waals surface area contributed by atoms with Gasteiger partial charge in [-0.1, -0.05) is 6.07 Å². The van der Waals surface area contributed by atoms with E-state index >= 15 is 0 Å². The van der Waals surface area contributed by atoms with Gasteiger partial charge in [0, 0.05) is 24.2 Å². The van der Waals surface area contributed by atoms with E-state index in [4.69, 9.17) is 0 Å². The Hall–Kier alpha value is -1.66. The number of benzene rings is 1. The highest BCUT2D eigenvalue weighted by molar-refractivity contribution is 5.98. The molecule has 3 rings (SSSR count). The second-order valence-corrected chi connectivity index (χ2v) is 6.06. The molecule has 0 saturated carbocycles. The van der Waals surface area contributed by atoms with E-state index in [1.807, 2.05) is 6.92 Å². The van der Waals surface area contributed by atoms with Crippen LogP contribution in [-0.4, -0.2) is 29.0 Å². The van der Waals surface area contributed by atoms with Gasteiger partial charge >= 0.3 is 0 Å². The number of halogens is 1. The van der Waals surface area contributed by atoms with Gasteiger partial charge in [0.05, 0.1) is 4.92 Å². The Kier molecular flexibility index (Phi) is 5.03. The Morgan fingerprint density at radius 2 is 1.95 bits per heavy atom. The van der Waals surface area contributed by atoms with Crippen LogP contribution in [0.1, 0.15) is 41.6 Å². The molecule has 2 saturated heterocycles. The van der Waals surface area contributed by atoms with E-state index in [1.165, 1.54) is 6.07 Å². The Balaban J connectivity index is 0.00000176. The number of nitrogens with zero attached hydrogens (tertiary/aromatic N) is 1. The van der Waals surface area contributed by atoms with Crippen molar-refractivity contribution in [3.8, 4) is 0 Å². The van der Waals surface area contributed by atoms with Gasteiger partial charge in [-0.15, -0.1) is 12.4 Å². The van der Waals surface area contributed by atoms with E-state index in [-0.39, 0.29) is 35.6 Å². The molecule has 120 valence electrons. The van der Waals surface area contributed by atoms with E-state index in [9.17, 15) is 14.9 Å². The fourth-order valence-corrected chi connectivity index (χ4v) is 3.43. The first-order valence-corrected chi connectivity index (χ1v) is 7.35. The highest BCUT2D eigenvalue weighted by atomic mass is 35.5. The molecule has 0 radical (unpaired) electrons. The summed E-state index contributed by atoms with van der Waals surface area (Å²) in [6, 6.07) is 5.69. The predicted octanol–water partition coefficient (Wildman–Crippen LogP) is 2.34. The fourth-order valence-electron chi connectivity index (χ4n) is 3.43. The molecule has 2 unspecified atom stereocenters. The molecule has 2 aliphatic heterocycles. The molecule has 0 aliphatic carbocycles. The van der Waals surface area contributed by atoms with Gasteiger partial charge in [0.2, 0.25) is 0 Å². The molecule has 2 fully saturated rings. The number of hydrogen-bond acceptors (Lipinski definition) is 4. The fraction of sp³-hybridized carbons (Fsp3) is 0.533. The molecule has 0 spiro atoms. The molecular formula is C15H20ClN3O3. The standard InChI is InChI=1S/C15H19N3O3.ClH/c1-9-2-5-14(18(20)21)13(6-9)15(19)17-12-7-10-3-4-11(8-12)16-10;/h2,5-6,10-12,16H,3-4,7-8H2,1H3,(H,17,19);1H. The van der Waals surface area contributed by atoms with Crippen LogP contribution in [0.2, 0.25) is 0 Å². The summed E-state index contributed by atoms with van der Waals surface area (Å²) in [5.41, 5.74) is 0.872. The minimum atomic E-state index is -0.500. The van der Waals surface area contributed by atoms with Crippen molar-refractivity contribution in [2.45, 2.75) is 50.7 Å². The number of fused-ring (bicyclic) bond motifs is 2. The van der Waals surface area contributed by atoms with Crippen LogP contribution >= 0.6 is 12.4 Å². The summed E-state index contributed by atoms with van der Waals surface area (Å²) in [5.74, 6) is -0.336. The van der Waals surface area contributed by atoms with E-state index in [1.54, 1.807) is 12.1 Å². The van der Waals surface area contributed by atoms with Crippen LogP contribution < -0.4 is 10.6 Å². The first-order valence-electron chi connectivity index (χ1n) is 7.35. The van der Waals surface area contributed by atoms with Crippen molar-refractivity contribution in [2.75, 3.05) is 0 Å². The zero-order chi connectivity index (χ0) is 15.0. The molecule has 2 aliphatic rings. The molecule has 2 bridgehead atoms. The normalized spacial score (nSPS) is 26.1. The third-order valence-corrected chi connectivity index (χ3v) is 4.40. The maximum atomic E-state index is 12.4. The lowest BCUT2D eigenvalue weighted by atomic mass is 9.99. The van der Waals surface area contributed by atoms with Crippen LogP contribution in [0, 0.1) is 17.0 Å². The summed E-state index contributed by atoms with van der Waals surface area (Å²) in [5, 5.41) is 17.5. The van der Waals surface area contributed by atoms with Gasteiger partial charge in [0.15, 0.2) is 0 Å². The number of nitro benzene ring substituents is 1. The van der Waals surface area contributed by atoms with Gasteiger partial charge in [-0.25, -0.2) is 0 Å². The van der Waals surface area contributed by atoms with Crippen LogP contribution in [0.5, 0.6) is 0 Å². The quantitative estimate of drug-likeness (QED) is 0.660. The minimum absolute atomic E-state index is 0. The van der Waals surface area contributed by atoms with Crippen LogP contribution in [-0.2, 0) is 0 Å². The first kappa shape index (κ1) is 16.7. The van der Waals surface area contributed by atoms with Crippen molar-refractivity contribution in [3.63, 3.8) is 0 Å². The van der Waals surface area contributed by atoms with Gasteiger partial charge < -0.3 is 10.6 Å². The first-order chi connectivity index (χ1) is 10.0. The second kappa shape index (κ2) is 6.62. The number of aryl methyl sites for hydroxylation is 1. The number of hydrogen-bond donors (Lipinski definition) is 2. The van der Waals surface area contributed by atoms with Gasteiger partial charge in [0.25, 0.3) is 11.6 Å². The van der Waals surface area contributed by atoms with Gasteiger partial charge in [-0.3, -0.25) is 14.9 Å². The van der Waals surface area contributed by atoms with Crippen LogP contribution in [0.25, 0.3) is 0 Å². The largest absolute Gasteiger partial charge is 0.349 e. The lowest BCUT2D eigenvalue weighted by Gasteiger charge is -2.29. The second-order valence-electron chi connectivity index (χ2n) is 6.06. The van der Waals surface area contributed by atoms with Crippen LogP contribution in [0.4, 0.5) is 5.69 Å². The molecule has 2 N–H and O–H groups in total. The highest BCUT2D eigenvalue weighted by Crippen LogP contribution is 2.27. The molecule has 0 aromatic heterocycles. The van der Waals surface area contributed by atoms with Gasteiger partial charge in [-0.2, -0.15) is 0 Å². The zero-order valence-corrected chi connectivity index (χ0v) is 13.2. The Bertz CT molecular complexity index is 581. The lowest BCUT2D eigenvalue weighted by Crippen LogP contribution is -2.48. The van der Waals surface area contributed by atoms with Crippen LogP contribution in [0.15, 0.2) is 18.2 Å². The highest BCUT2D eigenvalue weighted by Gasteiger charge is 2.34. The van der Waals surface area contributed by atoms with E-state index in [0.29, 0.717) is 12.1 Å². The summed E-state index contributed by atoms with van der Waals surface area (Å²) < 4.78 is 0. The zero-order valence-electron chi connectivity index (χ0n) is 12.4. The number of carbonyl (C=O) groups is 1. The molecule has 22 heavy (non-hydrogen) atoms. The maximum absolute atomic E-state index is 12.4. The predicted molar refractivity (Wildman–Crippen MR) is 85.5 cm³/mol. The summed E-state index contributed by atoms with van der Waals surface area (Å²) in [6.07, 6.45) is 4.12. The lowest BCUT2D eigenvalue weighted by molar-refractivity contribution is -0.385. The Morgan fingerprint density at radius 3 is 2.55 bits per heavy atom. The van der Waals surface area contributed by atoms with Crippen molar-refractivity contribution in [1.82, 2.24) is 10.6 Å². The van der Waals surface area contributed by atoms with Gasteiger partial charge in [0.1, 0.15) is 5.56 Å². The molecule has 1 aromatic carbocycles. The molecule has 1 aromatic rings. The minimum Gasteiger partial charge on any atom is -0.349 e. The topological polar surface area (TPSA) is 84.3 Å². The third-order valence-electron chi connectivity index (χ3n) is 4.40. The average molecular weight is 326 g/mol. The van der Waals surface area contributed by atoms with Crippen molar-refractivity contribution < 1.29 is 9.72 Å². The monoisotopic (exact) mass is 325 g/mol. The smallest absolute Gasteiger partial charge is 0.282 e. The molecule has 1 amide bonds. The average Bonchev–Trinajstić information content (AvgIpc) is 2.77. The summed E-state index contributed by atoms with van der Waals surface area (Å²) in [6.45, 7) is 1.82. The van der Waals surface area contributed by atoms with Crippen molar-refractivity contribution in [1.29, 1.82) is 0 Å². The number of nitro groups is 1. The molecule has 2 atom stereocenters. The van der Waals surface area contributed by atoms with Crippen molar-refractivity contribution in [2.24, 2.45) is 0 Å². The van der Waals surface area contributed by atoms with E-state index in [0.717, 1.165) is 31.2 Å². The molecule has 6 nitrogen and oxygen atoms in total. The Labute approximate surface area is 135 Å².